The van der Waals surface area contributed by atoms with E-state index in [0.29, 0.717) is 24.4 Å². The van der Waals surface area contributed by atoms with Crippen LogP contribution in [0.2, 0.25) is 0 Å². The lowest BCUT2D eigenvalue weighted by Gasteiger charge is -2.08. The highest BCUT2D eigenvalue weighted by Gasteiger charge is 2.03. The standard InChI is InChI=1S/C16H17N3O/c1-12-4-3-5-15(19-12)11-18-10-13-6-7-14(9-17)16(8-13)20-2/h3-8,18H,10-11H2,1-2H3. The number of hydrogen-bond acceptors (Lipinski definition) is 4. The third-order valence-electron chi connectivity index (χ3n) is 2.97. The molecule has 4 nitrogen and oxygen atoms in total. The first-order chi connectivity index (χ1) is 9.72. The molecule has 0 saturated carbocycles. The molecule has 2 rings (SSSR count). The summed E-state index contributed by atoms with van der Waals surface area (Å²) in [5.41, 5.74) is 3.67. The van der Waals surface area contributed by atoms with Crippen molar-refractivity contribution >= 4 is 0 Å². The third-order valence-corrected chi connectivity index (χ3v) is 2.97. The Balaban J connectivity index is 1.96. The van der Waals surface area contributed by atoms with Gasteiger partial charge in [-0.1, -0.05) is 12.1 Å². The van der Waals surface area contributed by atoms with E-state index in [1.165, 1.54) is 0 Å². The van der Waals surface area contributed by atoms with Crippen molar-refractivity contribution in [1.82, 2.24) is 10.3 Å². The molecule has 4 heteroatoms. The molecule has 0 aliphatic rings. The number of nitrogens with zero attached hydrogens (tertiary/aromatic N) is 2. The van der Waals surface area contributed by atoms with Crippen molar-refractivity contribution in [3.05, 3.63) is 58.9 Å². The number of aryl methyl sites for hydroxylation is 1. The Morgan fingerprint density at radius 2 is 2.10 bits per heavy atom. The van der Waals surface area contributed by atoms with Crippen molar-refractivity contribution < 1.29 is 4.74 Å². The van der Waals surface area contributed by atoms with E-state index in [2.05, 4.69) is 16.4 Å². The van der Waals surface area contributed by atoms with Gasteiger partial charge in [-0.25, -0.2) is 0 Å². The summed E-state index contributed by atoms with van der Waals surface area (Å²) in [6.07, 6.45) is 0. The van der Waals surface area contributed by atoms with Crippen LogP contribution < -0.4 is 10.1 Å². The molecule has 0 fully saturated rings. The molecule has 0 aliphatic carbocycles. The molecule has 1 N–H and O–H groups in total. The van der Waals surface area contributed by atoms with Gasteiger partial charge < -0.3 is 10.1 Å². The fourth-order valence-electron chi connectivity index (χ4n) is 1.97. The van der Waals surface area contributed by atoms with Gasteiger partial charge in [-0.05, 0) is 36.8 Å². The second kappa shape index (κ2) is 6.69. The number of rotatable bonds is 5. The SMILES string of the molecule is COc1cc(CNCc2cccc(C)n2)ccc1C#N. The normalized spacial score (nSPS) is 10.1. The Labute approximate surface area is 119 Å². The van der Waals surface area contributed by atoms with Crippen LogP contribution in [0.4, 0.5) is 0 Å². The van der Waals surface area contributed by atoms with E-state index in [1.54, 1.807) is 13.2 Å². The molecule has 0 saturated heterocycles. The van der Waals surface area contributed by atoms with E-state index in [1.807, 2.05) is 37.3 Å². The predicted molar refractivity (Wildman–Crippen MR) is 77.2 cm³/mol. The summed E-state index contributed by atoms with van der Waals surface area (Å²) < 4.78 is 5.19. The van der Waals surface area contributed by atoms with Gasteiger partial charge in [0.15, 0.2) is 0 Å². The van der Waals surface area contributed by atoms with Crippen LogP contribution in [0.25, 0.3) is 0 Å². The fraction of sp³-hybridized carbons (Fsp3) is 0.250. The molecule has 2 aromatic rings. The van der Waals surface area contributed by atoms with Crippen LogP contribution in [0.1, 0.15) is 22.5 Å². The molecule has 0 unspecified atom stereocenters. The van der Waals surface area contributed by atoms with Crippen molar-refractivity contribution in [2.75, 3.05) is 7.11 Å². The van der Waals surface area contributed by atoms with Gasteiger partial charge in [0.25, 0.3) is 0 Å². The number of ether oxygens (including phenoxy) is 1. The molecule has 0 radical (unpaired) electrons. The van der Waals surface area contributed by atoms with Crippen LogP contribution in [0.15, 0.2) is 36.4 Å². The first-order valence-electron chi connectivity index (χ1n) is 6.43. The number of benzene rings is 1. The lowest BCUT2D eigenvalue weighted by Crippen LogP contribution is -2.14. The zero-order valence-electron chi connectivity index (χ0n) is 11.7. The highest BCUT2D eigenvalue weighted by atomic mass is 16.5. The minimum absolute atomic E-state index is 0.552. The van der Waals surface area contributed by atoms with Gasteiger partial charge in [-0.15, -0.1) is 0 Å². The van der Waals surface area contributed by atoms with Crippen LogP contribution in [-0.2, 0) is 13.1 Å². The second-order valence-corrected chi connectivity index (χ2v) is 4.52. The summed E-state index contributed by atoms with van der Waals surface area (Å²) in [4.78, 5) is 4.44. The van der Waals surface area contributed by atoms with Gasteiger partial charge >= 0.3 is 0 Å². The molecule has 20 heavy (non-hydrogen) atoms. The van der Waals surface area contributed by atoms with Crippen LogP contribution >= 0.6 is 0 Å². The van der Waals surface area contributed by atoms with Crippen LogP contribution in [-0.4, -0.2) is 12.1 Å². The summed E-state index contributed by atoms with van der Waals surface area (Å²) in [6, 6.07) is 13.7. The predicted octanol–water partition coefficient (Wildman–Crippen LogP) is 2.56. The minimum atomic E-state index is 0.552. The van der Waals surface area contributed by atoms with E-state index in [0.717, 1.165) is 17.0 Å². The second-order valence-electron chi connectivity index (χ2n) is 4.52. The number of nitrogens with one attached hydrogen (secondary N) is 1. The van der Waals surface area contributed by atoms with Gasteiger partial charge in [0.1, 0.15) is 11.8 Å². The average Bonchev–Trinajstić information content (AvgIpc) is 2.47. The smallest absolute Gasteiger partial charge is 0.136 e. The van der Waals surface area contributed by atoms with Gasteiger partial charge in [0.05, 0.1) is 18.4 Å². The summed E-state index contributed by atoms with van der Waals surface area (Å²) >= 11 is 0. The number of hydrogen-bond donors (Lipinski definition) is 1. The molecule has 0 amide bonds. The monoisotopic (exact) mass is 267 g/mol. The molecule has 1 heterocycles. The van der Waals surface area contributed by atoms with Crippen molar-refractivity contribution in [3.63, 3.8) is 0 Å². The Bertz CT molecular complexity index is 632. The van der Waals surface area contributed by atoms with Gasteiger partial charge in [-0.2, -0.15) is 5.26 Å². The van der Waals surface area contributed by atoms with E-state index >= 15 is 0 Å². The third kappa shape index (κ3) is 3.56. The maximum Gasteiger partial charge on any atom is 0.136 e. The summed E-state index contributed by atoms with van der Waals surface area (Å²) in [5, 5.41) is 12.3. The van der Waals surface area contributed by atoms with Crippen LogP contribution in [0.3, 0.4) is 0 Å². The molecule has 1 aromatic carbocycles. The number of nitriles is 1. The fourth-order valence-corrected chi connectivity index (χ4v) is 1.97. The first-order valence-corrected chi connectivity index (χ1v) is 6.43. The minimum Gasteiger partial charge on any atom is -0.495 e. The molecule has 0 atom stereocenters. The summed E-state index contributed by atoms with van der Waals surface area (Å²) in [6.45, 7) is 3.40. The van der Waals surface area contributed by atoms with Gasteiger partial charge in [-0.3, -0.25) is 4.98 Å². The largest absolute Gasteiger partial charge is 0.495 e. The lowest BCUT2D eigenvalue weighted by molar-refractivity contribution is 0.412. The molecule has 1 aromatic heterocycles. The van der Waals surface area contributed by atoms with Gasteiger partial charge in [0, 0.05) is 18.8 Å². The van der Waals surface area contributed by atoms with E-state index in [9.17, 15) is 0 Å². The topological polar surface area (TPSA) is 57.9 Å². The van der Waals surface area contributed by atoms with E-state index in [-0.39, 0.29) is 0 Å². The Morgan fingerprint density at radius 1 is 1.25 bits per heavy atom. The lowest BCUT2D eigenvalue weighted by atomic mass is 10.1. The highest BCUT2D eigenvalue weighted by molar-refractivity contribution is 5.45. The van der Waals surface area contributed by atoms with Crippen molar-refractivity contribution in [1.29, 1.82) is 5.26 Å². The average molecular weight is 267 g/mol. The number of methoxy groups -OCH3 is 1. The first kappa shape index (κ1) is 14.0. The van der Waals surface area contributed by atoms with Gasteiger partial charge in [0.2, 0.25) is 0 Å². The molecule has 0 spiro atoms. The van der Waals surface area contributed by atoms with Crippen molar-refractivity contribution in [2.45, 2.75) is 20.0 Å². The summed E-state index contributed by atoms with van der Waals surface area (Å²) in [7, 11) is 1.57. The van der Waals surface area contributed by atoms with E-state index < -0.39 is 0 Å². The Kier molecular flexibility index (Phi) is 4.70. The zero-order chi connectivity index (χ0) is 14.4. The highest BCUT2D eigenvalue weighted by Crippen LogP contribution is 2.19. The van der Waals surface area contributed by atoms with Crippen LogP contribution in [0, 0.1) is 18.3 Å². The Hall–Kier alpha value is -2.38. The van der Waals surface area contributed by atoms with Crippen LogP contribution in [0.5, 0.6) is 5.75 Å². The molecule has 0 bridgehead atoms. The maximum atomic E-state index is 8.94. The zero-order valence-corrected chi connectivity index (χ0v) is 11.7. The maximum absolute atomic E-state index is 8.94. The molecule has 102 valence electrons. The number of aromatic nitrogens is 1. The molecular formula is C16H17N3O. The molecule has 0 aliphatic heterocycles. The van der Waals surface area contributed by atoms with E-state index in [4.69, 9.17) is 10.00 Å². The quantitative estimate of drug-likeness (QED) is 0.904. The van der Waals surface area contributed by atoms with Crippen molar-refractivity contribution in [3.8, 4) is 11.8 Å². The number of pyridine rings is 1. The Morgan fingerprint density at radius 3 is 2.80 bits per heavy atom. The summed E-state index contributed by atoms with van der Waals surface area (Å²) in [5.74, 6) is 0.612. The van der Waals surface area contributed by atoms with Crippen molar-refractivity contribution in [2.24, 2.45) is 0 Å². The molecular weight excluding hydrogens is 250 g/mol.